The van der Waals surface area contributed by atoms with E-state index in [-0.39, 0.29) is 48.8 Å². The lowest BCUT2D eigenvalue weighted by Gasteiger charge is -2.29. The van der Waals surface area contributed by atoms with Crippen LogP contribution in [0.15, 0.2) is 73.1 Å². The van der Waals surface area contributed by atoms with Gasteiger partial charge in [-0.25, -0.2) is 4.98 Å². The highest BCUT2D eigenvalue weighted by Gasteiger charge is 2.40. The summed E-state index contributed by atoms with van der Waals surface area (Å²) in [6, 6.07) is 16.4. The van der Waals surface area contributed by atoms with Crippen molar-refractivity contribution in [2.45, 2.75) is 65.7 Å². The average Bonchev–Trinajstić information content (AvgIpc) is 3.74. The number of aryl methyl sites for hydroxylation is 1. The minimum Gasteiger partial charge on any atom is -0.347 e. The fourth-order valence-corrected chi connectivity index (χ4v) is 7.86. The van der Waals surface area contributed by atoms with E-state index in [9.17, 15) is 24.0 Å². The summed E-state index contributed by atoms with van der Waals surface area (Å²) >= 11 is 0. The molecule has 1 saturated heterocycles. The van der Waals surface area contributed by atoms with Crippen LogP contribution in [0.25, 0.3) is 38.9 Å². The molecule has 3 aromatic heterocycles. The predicted octanol–water partition coefficient (Wildman–Crippen LogP) is 4.68. The van der Waals surface area contributed by atoms with Gasteiger partial charge in [-0.3, -0.25) is 39.3 Å². The van der Waals surface area contributed by atoms with Gasteiger partial charge in [-0.15, -0.1) is 0 Å². The van der Waals surface area contributed by atoms with Gasteiger partial charge in [0.25, 0.3) is 11.8 Å². The van der Waals surface area contributed by atoms with Crippen molar-refractivity contribution in [3.63, 3.8) is 0 Å². The van der Waals surface area contributed by atoms with Crippen molar-refractivity contribution in [3.8, 4) is 22.5 Å². The Labute approximate surface area is 317 Å². The summed E-state index contributed by atoms with van der Waals surface area (Å²) in [4.78, 5) is 80.3. The minimum absolute atomic E-state index is 0.0537. The van der Waals surface area contributed by atoms with Crippen LogP contribution >= 0.6 is 0 Å². The highest BCUT2D eigenvalue weighted by atomic mass is 16.2. The highest BCUT2D eigenvalue weighted by molar-refractivity contribution is 6.06. The third kappa shape index (κ3) is 6.55. The molecule has 1 atom stereocenters. The summed E-state index contributed by atoms with van der Waals surface area (Å²) in [7, 11) is 0. The van der Waals surface area contributed by atoms with E-state index in [1.165, 1.54) is 4.90 Å². The molecule has 1 unspecified atom stereocenters. The average molecular weight is 737 g/mol. The largest absolute Gasteiger partial charge is 0.347 e. The zero-order chi connectivity index (χ0) is 38.4. The molecule has 0 saturated carbocycles. The third-order valence-corrected chi connectivity index (χ3v) is 10.8. The van der Waals surface area contributed by atoms with Crippen LogP contribution < -0.4 is 10.6 Å². The summed E-state index contributed by atoms with van der Waals surface area (Å²) in [6.45, 7) is 8.04. The Bertz CT molecular complexity index is 2450. The molecule has 1 fully saturated rings. The second-order valence-electron chi connectivity index (χ2n) is 14.1. The van der Waals surface area contributed by atoms with Gasteiger partial charge in [0.1, 0.15) is 17.6 Å². The third-order valence-electron chi connectivity index (χ3n) is 10.8. The number of pyridine rings is 2. The molecule has 0 bridgehead atoms. The molecule has 0 spiro atoms. The fraction of sp³-hybridized carbons (Fsp3) is 0.286. The molecular weight excluding hydrogens is 697 g/mol. The van der Waals surface area contributed by atoms with Crippen LogP contribution in [0.5, 0.6) is 0 Å². The normalized spacial score (nSPS) is 17.0. The van der Waals surface area contributed by atoms with Crippen molar-refractivity contribution in [1.29, 1.82) is 0 Å². The van der Waals surface area contributed by atoms with Crippen molar-refractivity contribution in [2.24, 2.45) is 0 Å². The quantitative estimate of drug-likeness (QED) is 0.218. The number of imide groups is 1. The zero-order valence-electron chi connectivity index (χ0n) is 30.9. The molecule has 0 aliphatic carbocycles. The van der Waals surface area contributed by atoms with Gasteiger partial charge in [0.15, 0.2) is 0 Å². The molecule has 5 aromatic rings. The van der Waals surface area contributed by atoms with E-state index in [1.54, 1.807) is 25.3 Å². The molecule has 6 heterocycles. The number of fused-ring (bicyclic) bond motifs is 3. The molecule has 278 valence electrons. The lowest BCUT2D eigenvalue weighted by atomic mass is 9.97. The van der Waals surface area contributed by atoms with E-state index in [4.69, 9.17) is 9.97 Å². The molecule has 13 heteroatoms. The van der Waals surface area contributed by atoms with E-state index >= 15 is 0 Å². The van der Waals surface area contributed by atoms with E-state index in [0.717, 1.165) is 74.5 Å². The summed E-state index contributed by atoms with van der Waals surface area (Å²) in [5.74, 6) is -0.270. The molecule has 2 N–H and O–H groups in total. The van der Waals surface area contributed by atoms with Gasteiger partial charge in [-0.05, 0) is 59.7 Å². The number of hydrogen-bond donors (Lipinski definition) is 2. The first-order valence-electron chi connectivity index (χ1n) is 18.5. The number of benzene rings is 2. The minimum atomic E-state index is -0.688. The molecular formula is C42H40N8O5. The summed E-state index contributed by atoms with van der Waals surface area (Å²) < 4.78 is 2.24. The summed E-state index contributed by atoms with van der Waals surface area (Å²) in [5, 5.41) is 7.19. The first kappa shape index (κ1) is 35.5. The molecule has 8 rings (SSSR count). The van der Waals surface area contributed by atoms with Crippen LogP contribution in [0.1, 0.15) is 77.1 Å². The lowest BCUT2D eigenvalue weighted by molar-refractivity contribution is -0.137. The van der Waals surface area contributed by atoms with Crippen molar-refractivity contribution in [2.75, 3.05) is 13.1 Å². The Balaban J connectivity index is 0.948. The van der Waals surface area contributed by atoms with Gasteiger partial charge in [-0.2, -0.15) is 0 Å². The van der Waals surface area contributed by atoms with Crippen LogP contribution in [-0.4, -0.2) is 78.0 Å². The van der Waals surface area contributed by atoms with Crippen LogP contribution in [0, 0.1) is 0 Å². The van der Waals surface area contributed by atoms with E-state index in [1.807, 2.05) is 60.5 Å². The van der Waals surface area contributed by atoms with Gasteiger partial charge >= 0.3 is 0 Å². The lowest BCUT2D eigenvalue weighted by Crippen LogP contribution is -2.52. The Hall–Kier alpha value is -6.50. The standard InChI is InChI=1S/C42H40N8O5/c1-4-37-46-39(36-23-48(25(3)51)17-18-49(36)37)29-9-5-7-26-19-34(45-21-31(26)29)27-11-12-33(44-20-27)40(53)43-16-15-24(2)28-8-6-10-30-32(28)22-50(42(30)55)35-13-14-38(52)47-41(35)54/h5-12,15,19-21,35H,4,13-14,16-18,22-23H2,1-3H3,(H,43,53)(H,47,52,54)/b24-15+. The summed E-state index contributed by atoms with van der Waals surface area (Å²) in [5.41, 5.74) is 7.73. The second-order valence-corrected chi connectivity index (χ2v) is 14.1. The Morgan fingerprint density at radius 2 is 1.78 bits per heavy atom. The van der Waals surface area contributed by atoms with Crippen LogP contribution in [-0.2, 0) is 40.4 Å². The van der Waals surface area contributed by atoms with Crippen LogP contribution in [0.4, 0.5) is 0 Å². The van der Waals surface area contributed by atoms with Crippen molar-refractivity contribution < 1.29 is 24.0 Å². The first-order valence-corrected chi connectivity index (χ1v) is 18.5. The van der Waals surface area contributed by atoms with Gasteiger partial charge < -0.3 is 19.7 Å². The van der Waals surface area contributed by atoms with Gasteiger partial charge in [-0.1, -0.05) is 43.3 Å². The van der Waals surface area contributed by atoms with E-state index < -0.39 is 11.9 Å². The molecule has 3 aliphatic heterocycles. The van der Waals surface area contributed by atoms with Gasteiger partial charge in [0.2, 0.25) is 17.7 Å². The molecule has 0 radical (unpaired) electrons. The first-order chi connectivity index (χ1) is 26.6. The number of aromatic nitrogens is 4. The SMILES string of the molecule is CCc1nc(-c2cccc3cc(-c4ccc(C(=O)NC/C=C(\C)c5cccc6c5CN(C5CCC(=O)NC5=O)C6=O)nc4)ncc23)c2n1CCN(C(C)=O)C2. The number of rotatable bonds is 8. The van der Waals surface area contributed by atoms with Crippen molar-refractivity contribution in [3.05, 3.63) is 107 Å². The molecule has 13 nitrogen and oxygen atoms in total. The van der Waals surface area contributed by atoms with Crippen LogP contribution in [0.2, 0.25) is 0 Å². The fourth-order valence-electron chi connectivity index (χ4n) is 7.86. The maximum absolute atomic E-state index is 13.2. The molecule has 3 aliphatic rings. The van der Waals surface area contributed by atoms with E-state index in [2.05, 4.69) is 33.2 Å². The maximum Gasteiger partial charge on any atom is 0.270 e. The van der Waals surface area contributed by atoms with E-state index in [0.29, 0.717) is 25.1 Å². The smallest absolute Gasteiger partial charge is 0.270 e. The van der Waals surface area contributed by atoms with Crippen LogP contribution in [0.3, 0.4) is 0 Å². The Morgan fingerprint density at radius 3 is 2.55 bits per heavy atom. The molecule has 55 heavy (non-hydrogen) atoms. The number of amides is 5. The second kappa shape index (κ2) is 14.4. The highest BCUT2D eigenvalue weighted by Crippen LogP contribution is 2.35. The monoisotopic (exact) mass is 736 g/mol. The number of piperidine rings is 1. The molecule has 5 amide bonds. The number of carbonyl (C=O) groups is 5. The topological polar surface area (TPSA) is 159 Å². The Kier molecular flexibility index (Phi) is 9.29. The number of carbonyl (C=O) groups excluding carboxylic acids is 5. The predicted molar refractivity (Wildman–Crippen MR) is 205 cm³/mol. The van der Waals surface area contributed by atoms with Crippen molar-refractivity contribution >= 4 is 45.9 Å². The number of hydrogen-bond acceptors (Lipinski definition) is 8. The summed E-state index contributed by atoms with van der Waals surface area (Å²) in [6.07, 6.45) is 6.67. The van der Waals surface area contributed by atoms with Crippen molar-refractivity contribution in [1.82, 2.24) is 40.0 Å². The van der Waals surface area contributed by atoms with Gasteiger partial charge in [0.05, 0.1) is 23.6 Å². The number of nitrogens with one attached hydrogen (secondary N) is 2. The maximum atomic E-state index is 13.2. The number of imidazole rings is 1. The zero-order valence-corrected chi connectivity index (χ0v) is 30.9. The molecule has 2 aromatic carbocycles. The number of nitrogens with zero attached hydrogens (tertiary/aromatic N) is 6. The Morgan fingerprint density at radius 1 is 0.964 bits per heavy atom. The number of allylic oxidation sites excluding steroid dienone is 1. The van der Waals surface area contributed by atoms with Gasteiger partial charge in [0, 0.05) is 80.4 Å².